The van der Waals surface area contributed by atoms with Gasteiger partial charge in [0.25, 0.3) is 0 Å². The Hall–Kier alpha value is -0.250. The van der Waals surface area contributed by atoms with Crippen molar-refractivity contribution in [3.8, 4) is 0 Å². The normalized spacial score (nSPS) is 13.5. The van der Waals surface area contributed by atoms with Crippen LogP contribution >= 0.6 is 23.4 Å². The summed E-state index contributed by atoms with van der Waals surface area (Å²) < 4.78 is 0.300. The van der Waals surface area contributed by atoms with Crippen LogP contribution in [0.1, 0.15) is 39.7 Å². The van der Waals surface area contributed by atoms with Gasteiger partial charge in [0.1, 0.15) is 0 Å². The van der Waals surface area contributed by atoms with E-state index in [2.05, 4.69) is 38.0 Å². The van der Waals surface area contributed by atoms with E-state index in [1.54, 1.807) is 6.20 Å². The van der Waals surface area contributed by atoms with Gasteiger partial charge < -0.3 is 5.32 Å². The van der Waals surface area contributed by atoms with Gasteiger partial charge in [-0.1, -0.05) is 39.3 Å². The van der Waals surface area contributed by atoms with E-state index in [9.17, 15) is 0 Å². The fourth-order valence-electron chi connectivity index (χ4n) is 1.72. The molecule has 0 amide bonds. The highest BCUT2D eigenvalue weighted by Crippen LogP contribution is 2.25. The second-order valence-electron chi connectivity index (χ2n) is 5.75. The first kappa shape index (κ1) is 16.8. The van der Waals surface area contributed by atoms with Crippen molar-refractivity contribution in [2.24, 2.45) is 0 Å². The molecule has 0 saturated heterocycles. The summed E-state index contributed by atoms with van der Waals surface area (Å²) in [5.74, 6) is 1.10. The second kappa shape index (κ2) is 8.13. The quantitative estimate of drug-likeness (QED) is 0.818. The summed E-state index contributed by atoms with van der Waals surface area (Å²) in [5.41, 5.74) is 1.18. The molecule has 1 atom stereocenters. The van der Waals surface area contributed by atoms with Crippen molar-refractivity contribution in [1.82, 2.24) is 10.3 Å². The average molecular weight is 301 g/mol. The largest absolute Gasteiger partial charge is 0.313 e. The van der Waals surface area contributed by atoms with Gasteiger partial charge in [-0.05, 0) is 31.0 Å². The molecule has 1 aromatic heterocycles. The molecular weight excluding hydrogens is 276 g/mol. The van der Waals surface area contributed by atoms with Crippen LogP contribution in [-0.4, -0.2) is 28.1 Å². The lowest BCUT2D eigenvalue weighted by Gasteiger charge is -2.24. The van der Waals surface area contributed by atoms with Gasteiger partial charge in [0.2, 0.25) is 0 Å². The minimum absolute atomic E-state index is 0.300. The lowest BCUT2D eigenvalue weighted by Crippen LogP contribution is -2.35. The molecule has 1 unspecified atom stereocenters. The second-order valence-corrected chi connectivity index (χ2v) is 8.00. The van der Waals surface area contributed by atoms with Crippen molar-refractivity contribution < 1.29 is 0 Å². The van der Waals surface area contributed by atoms with E-state index in [-0.39, 0.29) is 0 Å². The fraction of sp³-hybridized carbons (Fsp3) is 0.667. The average Bonchev–Trinajstić information content (AvgIpc) is 2.34. The summed E-state index contributed by atoms with van der Waals surface area (Å²) in [5, 5.41) is 4.39. The van der Waals surface area contributed by atoms with Gasteiger partial charge in [0.15, 0.2) is 0 Å². The van der Waals surface area contributed by atoms with Crippen LogP contribution in [-0.2, 0) is 6.42 Å². The molecule has 0 aliphatic carbocycles. The summed E-state index contributed by atoms with van der Waals surface area (Å²) in [6, 6.07) is 2.48. The molecule has 4 heteroatoms. The lowest BCUT2D eigenvalue weighted by atomic mass is 10.1. The molecule has 0 fully saturated rings. The van der Waals surface area contributed by atoms with Gasteiger partial charge in [-0.15, -0.1) is 0 Å². The van der Waals surface area contributed by atoms with Crippen molar-refractivity contribution in [2.45, 2.75) is 51.3 Å². The molecule has 1 N–H and O–H groups in total. The Labute approximate surface area is 126 Å². The van der Waals surface area contributed by atoms with Crippen LogP contribution in [0.15, 0.2) is 18.5 Å². The number of pyridine rings is 1. The zero-order valence-electron chi connectivity index (χ0n) is 12.4. The van der Waals surface area contributed by atoms with E-state index in [1.165, 1.54) is 5.56 Å². The molecule has 0 saturated carbocycles. The molecule has 19 heavy (non-hydrogen) atoms. The summed E-state index contributed by atoms with van der Waals surface area (Å²) in [6.07, 6.45) is 5.66. The van der Waals surface area contributed by atoms with E-state index in [4.69, 9.17) is 11.6 Å². The van der Waals surface area contributed by atoms with Crippen LogP contribution in [0.3, 0.4) is 0 Å². The first-order valence-electron chi connectivity index (χ1n) is 6.88. The molecule has 0 spiro atoms. The Morgan fingerprint density at radius 3 is 2.74 bits per heavy atom. The van der Waals surface area contributed by atoms with E-state index in [1.807, 2.05) is 24.0 Å². The van der Waals surface area contributed by atoms with Gasteiger partial charge in [-0.25, -0.2) is 0 Å². The molecule has 1 rings (SSSR count). The summed E-state index contributed by atoms with van der Waals surface area (Å²) in [6.45, 7) is 10.0. The predicted molar refractivity (Wildman–Crippen MR) is 87.2 cm³/mol. The molecule has 0 radical (unpaired) electrons. The van der Waals surface area contributed by atoms with Crippen molar-refractivity contribution >= 4 is 23.4 Å². The number of halogens is 1. The molecule has 0 aromatic carbocycles. The van der Waals surface area contributed by atoms with Crippen molar-refractivity contribution in [3.63, 3.8) is 0 Å². The van der Waals surface area contributed by atoms with E-state index in [0.717, 1.165) is 30.2 Å². The molecular formula is C15H25ClN2S. The standard InChI is InChI=1S/C15H25ClN2S/c1-5-7-18-13(11-19-15(2,3)4)9-12-6-8-17-10-14(12)16/h6,8,10,13,18H,5,7,9,11H2,1-4H3. The fourth-order valence-corrected chi connectivity index (χ4v) is 2.86. The number of aromatic nitrogens is 1. The summed E-state index contributed by atoms with van der Waals surface area (Å²) >= 11 is 8.19. The number of hydrogen-bond donors (Lipinski definition) is 1. The number of thioether (sulfide) groups is 1. The third-order valence-corrected chi connectivity index (χ3v) is 4.50. The smallest absolute Gasteiger partial charge is 0.0621 e. The zero-order valence-corrected chi connectivity index (χ0v) is 13.9. The maximum absolute atomic E-state index is 6.20. The molecule has 0 aliphatic heterocycles. The van der Waals surface area contributed by atoms with Gasteiger partial charge in [-0.3, -0.25) is 4.98 Å². The highest BCUT2D eigenvalue weighted by atomic mass is 35.5. The number of nitrogens with one attached hydrogen (secondary N) is 1. The van der Waals surface area contributed by atoms with E-state index < -0.39 is 0 Å². The third kappa shape index (κ3) is 7.19. The summed E-state index contributed by atoms with van der Waals surface area (Å²) in [7, 11) is 0. The minimum Gasteiger partial charge on any atom is -0.313 e. The Morgan fingerprint density at radius 1 is 1.42 bits per heavy atom. The zero-order chi connectivity index (χ0) is 14.3. The lowest BCUT2D eigenvalue weighted by molar-refractivity contribution is 0.548. The van der Waals surface area contributed by atoms with Gasteiger partial charge in [0, 0.05) is 28.9 Å². The van der Waals surface area contributed by atoms with E-state index in [0.29, 0.717) is 10.8 Å². The molecule has 108 valence electrons. The first-order valence-corrected chi connectivity index (χ1v) is 8.24. The predicted octanol–water partition coefficient (Wildman–Crippen LogP) is 4.18. The van der Waals surface area contributed by atoms with Crippen LogP contribution in [0.4, 0.5) is 0 Å². The van der Waals surface area contributed by atoms with Crippen LogP contribution in [0, 0.1) is 0 Å². The summed E-state index contributed by atoms with van der Waals surface area (Å²) in [4.78, 5) is 4.04. The van der Waals surface area contributed by atoms with Gasteiger partial charge in [-0.2, -0.15) is 11.8 Å². The number of rotatable bonds is 7. The maximum Gasteiger partial charge on any atom is 0.0621 e. The highest BCUT2D eigenvalue weighted by molar-refractivity contribution is 8.00. The van der Waals surface area contributed by atoms with Crippen molar-refractivity contribution in [1.29, 1.82) is 0 Å². The Balaban J connectivity index is 2.61. The first-order chi connectivity index (χ1) is 8.92. The van der Waals surface area contributed by atoms with E-state index >= 15 is 0 Å². The topological polar surface area (TPSA) is 24.9 Å². The van der Waals surface area contributed by atoms with Crippen LogP contribution in [0.2, 0.25) is 5.02 Å². The van der Waals surface area contributed by atoms with Crippen molar-refractivity contribution in [2.75, 3.05) is 12.3 Å². The monoisotopic (exact) mass is 300 g/mol. The molecule has 0 bridgehead atoms. The Morgan fingerprint density at radius 2 is 2.16 bits per heavy atom. The third-order valence-electron chi connectivity index (χ3n) is 2.72. The van der Waals surface area contributed by atoms with Gasteiger partial charge >= 0.3 is 0 Å². The Kier molecular flexibility index (Phi) is 7.19. The SMILES string of the molecule is CCCNC(CSC(C)(C)C)Cc1ccncc1Cl. The Bertz CT molecular complexity index is 377. The minimum atomic E-state index is 0.300. The maximum atomic E-state index is 6.20. The number of hydrogen-bond acceptors (Lipinski definition) is 3. The molecule has 2 nitrogen and oxygen atoms in total. The molecule has 1 aromatic rings. The van der Waals surface area contributed by atoms with Crippen molar-refractivity contribution in [3.05, 3.63) is 29.0 Å². The molecule has 1 heterocycles. The number of nitrogens with zero attached hydrogens (tertiary/aromatic N) is 1. The van der Waals surface area contributed by atoms with Crippen LogP contribution < -0.4 is 5.32 Å². The van der Waals surface area contributed by atoms with Crippen LogP contribution in [0.5, 0.6) is 0 Å². The molecule has 0 aliphatic rings. The van der Waals surface area contributed by atoms with Gasteiger partial charge in [0.05, 0.1) is 5.02 Å². The van der Waals surface area contributed by atoms with Crippen LogP contribution in [0.25, 0.3) is 0 Å². The highest BCUT2D eigenvalue weighted by Gasteiger charge is 2.16.